The largest absolute Gasteiger partial charge is 0.416 e. The molecule has 8 nitrogen and oxygen atoms in total. The summed E-state index contributed by atoms with van der Waals surface area (Å²) in [5.41, 5.74) is 0.746. The van der Waals surface area contributed by atoms with Gasteiger partial charge in [0, 0.05) is 34.7 Å². The lowest BCUT2D eigenvalue weighted by atomic mass is 10.0. The molecular formula is C26H28F3N5O3. The van der Waals surface area contributed by atoms with Crippen LogP contribution in [-0.4, -0.2) is 48.0 Å². The lowest BCUT2D eigenvalue weighted by Crippen LogP contribution is -2.36. The average Bonchev–Trinajstić information content (AvgIpc) is 3.28. The second kappa shape index (κ2) is 10.6. The highest BCUT2D eigenvalue weighted by atomic mass is 19.4. The average molecular weight is 516 g/mol. The highest BCUT2D eigenvalue weighted by molar-refractivity contribution is 6.06. The number of nitrogens with one attached hydrogen (secondary N) is 3. The number of carbonyl (C=O) groups excluding carboxylic acids is 2. The SMILES string of the molecule is Cc1cc(C(=O)Nc2cc(NC(=O)c3cc(NC4CCN(C)CC4)cc(C(F)(F)F)c3)ccc2C)no1. The number of alkyl halides is 3. The van der Waals surface area contributed by atoms with E-state index in [1.807, 2.05) is 7.05 Å². The molecule has 2 amide bonds. The number of halogens is 3. The minimum atomic E-state index is -4.61. The fourth-order valence-corrected chi connectivity index (χ4v) is 4.09. The Hall–Kier alpha value is -3.86. The Morgan fingerprint density at radius 1 is 0.973 bits per heavy atom. The fourth-order valence-electron chi connectivity index (χ4n) is 4.09. The van der Waals surface area contributed by atoms with E-state index >= 15 is 0 Å². The van der Waals surface area contributed by atoms with Gasteiger partial charge in [-0.3, -0.25) is 9.59 Å². The number of aromatic nitrogens is 1. The van der Waals surface area contributed by atoms with Crippen molar-refractivity contribution in [2.24, 2.45) is 0 Å². The molecule has 4 rings (SSSR count). The summed E-state index contributed by atoms with van der Waals surface area (Å²) in [6.45, 7) is 5.11. The second-order valence-electron chi connectivity index (χ2n) is 9.28. The third-order valence-electron chi connectivity index (χ3n) is 6.22. The van der Waals surface area contributed by atoms with E-state index in [0.29, 0.717) is 17.1 Å². The first-order valence-electron chi connectivity index (χ1n) is 11.8. The summed E-state index contributed by atoms with van der Waals surface area (Å²) in [5.74, 6) is -0.717. The maximum Gasteiger partial charge on any atom is 0.416 e. The van der Waals surface area contributed by atoms with Crippen LogP contribution in [0.4, 0.5) is 30.2 Å². The molecule has 1 fully saturated rings. The molecule has 0 radical (unpaired) electrons. The molecule has 11 heteroatoms. The Kier molecular flexibility index (Phi) is 7.53. The molecule has 0 atom stereocenters. The number of piperidine rings is 1. The first-order chi connectivity index (χ1) is 17.5. The number of amides is 2. The summed E-state index contributed by atoms with van der Waals surface area (Å²) < 4.78 is 45.7. The zero-order chi connectivity index (χ0) is 26.7. The number of likely N-dealkylation sites (tertiary alicyclic amines) is 1. The predicted molar refractivity (Wildman–Crippen MR) is 134 cm³/mol. The number of hydrogen-bond acceptors (Lipinski definition) is 6. The third kappa shape index (κ3) is 6.67. The van der Waals surface area contributed by atoms with E-state index in [1.54, 1.807) is 26.0 Å². The van der Waals surface area contributed by atoms with Crippen LogP contribution in [-0.2, 0) is 6.18 Å². The number of anilines is 3. The van der Waals surface area contributed by atoms with Gasteiger partial charge in [0.25, 0.3) is 11.8 Å². The first kappa shape index (κ1) is 26.2. The number of hydrogen-bond donors (Lipinski definition) is 3. The van der Waals surface area contributed by atoms with Gasteiger partial charge >= 0.3 is 6.18 Å². The second-order valence-corrected chi connectivity index (χ2v) is 9.28. The first-order valence-corrected chi connectivity index (χ1v) is 11.8. The van der Waals surface area contributed by atoms with Crippen LogP contribution >= 0.6 is 0 Å². The van der Waals surface area contributed by atoms with Crippen LogP contribution < -0.4 is 16.0 Å². The highest BCUT2D eigenvalue weighted by Gasteiger charge is 2.32. The van der Waals surface area contributed by atoms with Crippen molar-refractivity contribution < 1.29 is 27.3 Å². The molecule has 2 aromatic carbocycles. The Labute approximate surface area is 212 Å². The number of nitrogens with zero attached hydrogens (tertiary/aromatic N) is 2. The molecule has 0 aliphatic carbocycles. The van der Waals surface area contributed by atoms with Gasteiger partial charge in [-0.1, -0.05) is 11.2 Å². The number of aryl methyl sites for hydroxylation is 2. The zero-order valence-electron chi connectivity index (χ0n) is 20.7. The van der Waals surface area contributed by atoms with Crippen molar-refractivity contribution in [3.05, 3.63) is 70.6 Å². The van der Waals surface area contributed by atoms with E-state index in [9.17, 15) is 22.8 Å². The van der Waals surface area contributed by atoms with Crippen molar-refractivity contribution in [2.45, 2.75) is 38.9 Å². The minimum absolute atomic E-state index is 0.0207. The lowest BCUT2D eigenvalue weighted by Gasteiger charge is -2.30. The van der Waals surface area contributed by atoms with Crippen molar-refractivity contribution in [1.29, 1.82) is 0 Å². The molecule has 1 aliphatic rings. The van der Waals surface area contributed by atoms with Crippen LogP contribution in [0.1, 0.15) is 50.6 Å². The van der Waals surface area contributed by atoms with E-state index in [2.05, 4.69) is 26.0 Å². The van der Waals surface area contributed by atoms with Gasteiger partial charge in [-0.25, -0.2) is 0 Å². The van der Waals surface area contributed by atoms with Gasteiger partial charge in [0.2, 0.25) is 0 Å². The highest BCUT2D eigenvalue weighted by Crippen LogP contribution is 2.33. The quantitative estimate of drug-likeness (QED) is 0.411. The molecule has 3 N–H and O–H groups in total. The van der Waals surface area contributed by atoms with Crippen molar-refractivity contribution >= 4 is 28.9 Å². The van der Waals surface area contributed by atoms with Gasteiger partial charge in [-0.2, -0.15) is 13.2 Å². The number of benzene rings is 2. The van der Waals surface area contributed by atoms with E-state index in [1.165, 1.54) is 18.2 Å². The summed E-state index contributed by atoms with van der Waals surface area (Å²) in [7, 11) is 2.00. The van der Waals surface area contributed by atoms with Gasteiger partial charge in [0.05, 0.1) is 5.56 Å². The van der Waals surface area contributed by atoms with Crippen LogP contribution in [0.5, 0.6) is 0 Å². The number of carbonyl (C=O) groups is 2. The molecule has 1 aromatic heterocycles. The Balaban J connectivity index is 1.53. The maximum absolute atomic E-state index is 13.6. The predicted octanol–water partition coefficient (Wildman–Crippen LogP) is 5.32. The van der Waals surface area contributed by atoms with Crippen LogP contribution in [0.15, 0.2) is 47.0 Å². The normalized spacial score (nSPS) is 14.9. The molecule has 1 saturated heterocycles. The van der Waals surface area contributed by atoms with E-state index < -0.39 is 23.6 Å². The molecule has 0 saturated carbocycles. The summed E-state index contributed by atoms with van der Waals surface area (Å²) in [4.78, 5) is 27.6. The van der Waals surface area contributed by atoms with Crippen LogP contribution in [0.2, 0.25) is 0 Å². The molecule has 0 spiro atoms. The van der Waals surface area contributed by atoms with Crippen LogP contribution in [0, 0.1) is 13.8 Å². The van der Waals surface area contributed by atoms with Crippen molar-refractivity contribution in [1.82, 2.24) is 10.1 Å². The Morgan fingerprint density at radius 3 is 2.35 bits per heavy atom. The number of rotatable bonds is 6. The Morgan fingerprint density at radius 2 is 1.70 bits per heavy atom. The fraction of sp³-hybridized carbons (Fsp3) is 0.346. The summed E-state index contributed by atoms with van der Waals surface area (Å²) in [6.07, 6.45) is -3.03. The molecule has 37 heavy (non-hydrogen) atoms. The van der Waals surface area contributed by atoms with Gasteiger partial charge in [-0.15, -0.1) is 0 Å². The van der Waals surface area contributed by atoms with Crippen molar-refractivity contribution in [3.8, 4) is 0 Å². The summed E-state index contributed by atoms with van der Waals surface area (Å²) >= 11 is 0. The maximum atomic E-state index is 13.6. The molecule has 1 aliphatic heterocycles. The minimum Gasteiger partial charge on any atom is -0.382 e. The summed E-state index contributed by atoms with van der Waals surface area (Å²) in [6, 6.07) is 9.61. The molecule has 2 heterocycles. The van der Waals surface area contributed by atoms with Crippen LogP contribution in [0.3, 0.4) is 0 Å². The zero-order valence-corrected chi connectivity index (χ0v) is 20.7. The van der Waals surface area contributed by atoms with Gasteiger partial charge < -0.3 is 25.4 Å². The van der Waals surface area contributed by atoms with Crippen molar-refractivity contribution in [2.75, 3.05) is 36.1 Å². The molecule has 3 aromatic rings. The molecule has 0 bridgehead atoms. The topological polar surface area (TPSA) is 99.5 Å². The van der Waals surface area contributed by atoms with E-state index in [0.717, 1.165) is 43.6 Å². The van der Waals surface area contributed by atoms with Crippen molar-refractivity contribution in [3.63, 3.8) is 0 Å². The van der Waals surface area contributed by atoms with Gasteiger partial charge in [-0.05, 0) is 82.7 Å². The van der Waals surface area contributed by atoms with Crippen LogP contribution in [0.25, 0.3) is 0 Å². The molecular weight excluding hydrogens is 487 g/mol. The lowest BCUT2D eigenvalue weighted by molar-refractivity contribution is -0.137. The third-order valence-corrected chi connectivity index (χ3v) is 6.22. The molecule has 0 unspecified atom stereocenters. The smallest absolute Gasteiger partial charge is 0.382 e. The van der Waals surface area contributed by atoms with E-state index in [-0.39, 0.29) is 23.0 Å². The summed E-state index contributed by atoms with van der Waals surface area (Å²) in [5, 5.41) is 12.2. The Bertz CT molecular complexity index is 1300. The standard InChI is InChI=1S/C26H28F3N5O3/c1-15-4-5-20(14-22(15)32-25(36)23-10-16(2)37-33-23)31-24(35)17-11-18(26(27,28)29)13-21(12-17)30-19-6-8-34(3)9-7-19/h4-5,10-14,19,30H,6-9H2,1-3H3,(H,31,35)(H,32,36). The monoisotopic (exact) mass is 515 g/mol. The molecule has 196 valence electrons. The van der Waals surface area contributed by atoms with E-state index in [4.69, 9.17) is 4.52 Å². The van der Waals surface area contributed by atoms with Gasteiger partial charge in [0.15, 0.2) is 5.69 Å². The van der Waals surface area contributed by atoms with Gasteiger partial charge in [0.1, 0.15) is 5.76 Å².